The zero-order valence-corrected chi connectivity index (χ0v) is 12.0. The van der Waals surface area contributed by atoms with Crippen molar-refractivity contribution in [2.45, 2.75) is 34.2 Å². The average Bonchev–Trinajstić information content (AvgIpc) is 2.30. The number of aryl methyl sites for hydroxylation is 4. The standard InChI is InChI=1S/C17H20FN/c1-11-7-12(2)16(13(3)8-11)10-19-17-6-5-15(18)9-14(17)4/h5-9,19H,10H2,1-4H3. The molecule has 0 aliphatic carbocycles. The smallest absolute Gasteiger partial charge is 0.123 e. The summed E-state index contributed by atoms with van der Waals surface area (Å²) in [5, 5.41) is 3.39. The molecule has 2 aromatic carbocycles. The van der Waals surface area contributed by atoms with E-state index < -0.39 is 0 Å². The molecule has 0 unspecified atom stereocenters. The maximum Gasteiger partial charge on any atom is 0.123 e. The van der Waals surface area contributed by atoms with Crippen molar-refractivity contribution in [1.82, 2.24) is 0 Å². The van der Waals surface area contributed by atoms with Crippen molar-refractivity contribution >= 4 is 5.69 Å². The van der Waals surface area contributed by atoms with Gasteiger partial charge in [-0.1, -0.05) is 17.7 Å². The van der Waals surface area contributed by atoms with E-state index in [0.29, 0.717) is 0 Å². The molecule has 0 saturated heterocycles. The summed E-state index contributed by atoms with van der Waals surface area (Å²) in [5.74, 6) is -0.189. The van der Waals surface area contributed by atoms with Gasteiger partial charge < -0.3 is 5.32 Å². The normalized spacial score (nSPS) is 10.6. The number of anilines is 1. The molecule has 0 bridgehead atoms. The van der Waals surface area contributed by atoms with Gasteiger partial charge in [-0.25, -0.2) is 4.39 Å². The summed E-state index contributed by atoms with van der Waals surface area (Å²) in [7, 11) is 0. The molecular formula is C17H20FN. The van der Waals surface area contributed by atoms with Crippen molar-refractivity contribution in [1.29, 1.82) is 0 Å². The Kier molecular flexibility index (Phi) is 3.89. The van der Waals surface area contributed by atoms with Gasteiger partial charge in [0.15, 0.2) is 0 Å². The van der Waals surface area contributed by atoms with E-state index in [0.717, 1.165) is 17.8 Å². The highest BCUT2D eigenvalue weighted by molar-refractivity contribution is 5.52. The number of hydrogen-bond donors (Lipinski definition) is 1. The molecule has 0 atom stereocenters. The summed E-state index contributed by atoms with van der Waals surface area (Å²) < 4.78 is 13.1. The van der Waals surface area contributed by atoms with Crippen LogP contribution in [0.1, 0.15) is 27.8 Å². The van der Waals surface area contributed by atoms with Crippen LogP contribution in [0.3, 0.4) is 0 Å². The Balaban J connectivity index is 2.19. The van der Waals surface area contributed by atoms with Crippen LogP contribution >= 0.6 is 0 Å². The second kappa shape index (κ2) is 5.43. The summed E-state index contributed by atoms with van der Waals surface area (Å²) in [4.78, 5) is 0. The van der Waals surface area contributed by atoms with Crippen LogP contribution in [0.25, 0.3) is 0 Å². The second-order valence-electron chi connectivity index (χ2n) is 5.19. The van der Waals surface area contributed by atoms with Crippen molar-refractivity contribution in [3.05, 3.63) is 64.0 Å². The summed E-state index contributed by atoms with van der Waals surface area (Å²) in [6, 6.07) is 9.23. The van der Waals surface area contributed by atoms with Crippen LogP contribution in [0.4, 0.5) is 10.1 Å². The van der Waals surface area contributed by atoms with Gasteiger partial charge in [-0.3, -0.25) is 0 Å². The molecule has 0 amide bonds. The van der Waals surface area contributed by atoms with Gasteiger partial charge in [0.05, 0.1) is 0 Å². The zero-order chi connectivity index (χ0) is 14.0. The van der Waals surface area contributed by atoms with Crippen molar-refractivity contribution in [2.24, 2.45) is 0 Å². The Morgan fingerprint density at radius 1 is 0.895 bits per heavy atom. The fraction of sp³-hybridized carbons (Fsp3) is 0.294. The van der Waals surface area contributed by atoms with Crippen LogP contribution in [0, 0.1) is 33.5 Å². The number of rotatable bonds is 3. The molecule has 2 rings (SSSR count). The lowest BCUT2D eigenvalue weighted by molar-refractivity contribution is 0.627. The first-order valence-electron chi connectivity index (χ1n) is 6.54. The predicted molar refractivity (Wildman–Crippen MR) is 79.1 cm³/mol. The lowest BCUT2D eigenvalue weighted by atomic mass is 9.99. The number of hydrogen-bond acceptors (Lipinski definition) is 1. The van der Waals surface area contributed by atoms with E-state index in [-0.39, 0.29) is 5.82 Å². The van der Waals surface area contributed by atoms with E-state index >= 15 is 0 Å². The monoisotopic (exact) mass is 257 g/mol. The minimum Gasteiger partial charge on any atom is -0.381 e. The Labute approximate surface area is 114 Å². The van der Waals surface area contributed by atoms with Gasteiger partial charge in [0.1, 0.15) is 5.82 Å². The molecule has 0 aliphatic rings. The molecule has 2 heteroatoms. The van der Waals surface area contributed by atoms with Crippen LogP contribution in [0.15, 0.2) is 30.3 Å². The van der Waals surface area contributed by atoms with E-state index in [9.17, 15) is 4.39 Å². The minimum atomic E-state index is -0.189. The van der Waals surface area contributed by atoms with Gasteiger partial charge in [0.25, 0.3) is 0 Å². The van der Waals surface area contributed by atoms with Crippen molar-refractivity contribution in [2.75, 3.05) is 5.32 Å². The van der Waals surface area contributed by atoms with Gasteiger partial charge in [-0.15, -0.1) is 0 Å². The largest absolute Gasteiger partial charge is 0.381 e. The first kappa shape index (κ1) is 13.6. The molecule has 19 heavy (non-hydrogen) atoms. The predicted octanol–water partition coefficient (Wildman–Crippen LogP) is 4.67. The Hall–Kier alpha value is -1.83. The minimum absolute atomic E-state index is 0.189. The van der Waals surface area contributed by atoms with E-state index in [1.54, 1.807) is 12.1 Å². The highest BCUT2D eigenvalue weighted by atomic mass is 19.1. The Bertz CT molecular complexity index is 579. The lowest BCUT2D eigenvalue weighted by Crippen LogP contribution is -2.05. The van der Waals surface area contributed by atoms with Crippen LogP contribution in [0.2, 0.25) is 0 Å². The van der Waals surface area contributed by atoms with Crippen LogP contribution in [-0.4, -0.2) is 0 Å². The molecular weight excluding hydrogens is 237 g/mol. The first-order valence-corrected chi connectivity index (χ1v) is 6.54. The third-order valence-corrected chi connectivity index (χ3v) is 3.48. The Morgan fingerprint density at radius 2 is 1.53 bits per heavy atom. The van der Waals surface area contributed by atoms with E-state index in [2.05, 4.69) is 38.2 Å². The van der Waals surface area contributed by atoms with Crippen LogP contribution < -0.4 is 5.32 Å². The zero-order valence-electron chi connectivity index (χ0n) is 12.0. The average molecular weight is 257 g/mol. The maximum absolute atomic E-state index is 13.1. The summed E-state index contributed by atoms with van der Waals surface area (Å²) in [5.41, 5.74) is 7.11. The lowest BCUT2D eigenvalue weighted by Gasteiger charge is -2.14. The molecule has 1 N–H and O–H groups in total. The molecule has 1 nitrogen and oxygen atoms in total. The summed E-state index contributed by atoms with van der Waals surface area (Å²) in [6.45, 7) is 9.06. The molecule has 0 heterocycles. The quantitative estimate of drug-likeness (QED) is 0.842. The van der Waals surface area contributed by atoms with Gasteiger partial charge in [0, 0.05) is 12.2 Å². The van der Waals surface area contributed by atoms with Crippen LogP contribution in [0.5, 0.6) is 0 Å². The SMILES string of the molecule is Cc1cc(C)c(CNc2ccc(F)cc2C)c(C)c1. The molecule has 0 aromatic heterocycles. The fourth-order valence-electron chi connectivity index (χ4n) is 2.50. The van der Waals surface area contributed by atoms with Gasteiger partial charge in [-0.2, -0.15) is 0 Å². The maximum atomic E-state index is 13.1. The number of benzene rings is 2. The van der Waals surface area contributed by atoms with Crippen molar-refractivity contribution < 1.29 is 4.39 Å². The van der Waals surface area contributed by atoms with Gasteiger partial charge >= 0.3 is 0 Å². The highest BCUT2D eigenvalue weighted by Gasteiger charge is 2.05. The van der Waals surface area contributed by atoms with E-state index in [1.165, 1.54) is 28.3 Å². The first-order chi connectivity index (χ1) is 8.97. The molecule has 0 radical (unpaired) electrons. The highest BCUT2D eigenvalue weighted by Crippen LogP contribution is 2.20. The van der Waals surface area contributed by atoms with Gasteiger partial charge in [0.2, 0.25) is 0 Å². The van der Waals surface area contributed by atoms with Crippen molar-refractivity contribution in [3.63, 3.8) is 0 Å². The Morgan fingerprint density at radius 3 is 2.11 bits per heavy atom. The van der Waals surface area contributed by atoms with Gasteiger partial charge in [-0.05, 0) is 68.1 Å². The third-order valence-electron chi connectivity index (χ3n) is 3.48. The third kappa shape index (κ3) is 3.14. The second-order valence-corrected chi connectivity index (χ2v) is 5.19. The van der Waals surface area contributed by atoms with Crippen LogP contribution in [-0.2, 0) is 6.54 Å². The molecule has 0 aliphatic heterocycles. The molecule has 0 spiro atoms. The topological polar surface area (TPSA) is 12.0 Å². The summed E-state index contributed by atoms with van der Waals surface area (Å²) in [6.07, 6.45) is 0. The van der Waals surface area contributed by atoms with E-state index in [1.807, 2.05) is 6.92 Å². The van der Waals surface area contributed by atoms with Crippen molar-refractivity contribution in [3.8, 4) is 0 Å². The molecule has 0 saturated carbocycles. The molecule has 100 valence electrons. The summed E-state index contributed by atoms with van der Waals surface area (Å²) >= 11 is 0. The molecule has 2 aromatic rings. The fourth-order valence-corrected chi connectivity index (χ4v) is 2.50. The van der Waals surface area contributed by atoms with E-state index in [4.69, 9.17) is 0 Å². The molecule has 0 fully saturated rings. The number of nitrogens with one attached hydrogen (secondary N) is 1. The number of halogens is 1.